The van der Waals surface area contributed by atoms with Gasteiger partial charge >= 0.3 is 0 Å². The number of benzene rings is 2. The van der Waals surface area contributed by atoms with Crippen molar-refractivity contribution in [3.63, 3.8) is 0 Å². The average molecular weight is 281 g/mol. The maximum atomic E-state index is 13.0. The number of rotatable bonds is 4. The van der Waals surface area contributed by atoms with Crippen molar-refractivity contribution in [2.45, 2.75) is 12.6 Å². The van der Waals surface area contributed by atoms with Gasteiger partial charge in [0.2, 0.25) is 0 Å². The first kappa shape index (κ1) is 13.5. The van der Waals surface area contributed by atoms with Gasteiger partial charge in [-0.15, -0.1) is 0 Å². The molecule has 2 N–H and O–H groups in total. The van der Waals surface area contributed by atoms with Gasteiger partial charge in [0.15, 0.2) is 0 Å². The second kappa shape index (κ2) is 5.89. The van der Waals surface area contributed by atoms with Gasteiger partial charge in [-0.3, -0.25) is 0 Å². The number of imidazole rings is 1. The summed E-state index contributed by atoms with van der Waals surface area (Å²) in [6, 6.07) is 16.1. The predicted molar refractivity (Wildman–Crippen MR) is 80.2 cm³/mol. The van der Waals surface area contributed by atoms with Gasteiger partial charge in [-0.25, -0.2) is 9.37 Å². The fraction of sp³-hybridized carbons (Fsp3) is 0.118. The highest BCUT2D eigenvalue weighted by Gasteiger charge is 2.13. The Morgan fingerprint density at radius 2 is 1.76 bits per heavy atom. The third kappa shape index (κ3) is 3.01. The summed E-state index contributed by atoms with van der Waals surface area (Å²) in [4.78, 5) is 4.19. The molecule has 0 aliphatic rings. The Hall–Kier alpha value is -2.46. The highest BCUT2D eigenvalue weighted by atomic mass is 19.1. The molecule has 21 heavy (non-hydrogen) atoms. The first-order valence-corrected chi connectivity index (χ1v) is 6.79. The number of aromatic nitrogens is 2. The molecule has 0 fully saturated rings. The summed E-state index contributed by atoms with van der Waals surface area (Å²) in [5, 5.41) is 0. The van der Waals surface area contributed by atoms with E-state index in [1.54, 1.807) is 24.7 Å². The fourth-order valence-corrected chi connectivity index (χ4v) is 2.34. The lowest BCUT2D eigenvalue weighted by Gasteiger charge is -2.15. The van der Waals surface area contributed by atoms with E-state index in [-0.39, 0.29) is 11.9 Å². The Labute approximate surface area is 122 Å². The van der Waals surface area contributed by atoms with E-state index in [0.29, 0.717) is 6.54 Å². The molecule has 0 radical (unpaired) electrons. The lowest BCUT2D eigenvalue weighted by atomic mass is 10.1. The smallest absolute Gasteiger partial charge is 0.123 e. The number of hydrogen-bond acceptors (Lipinski definition) is 2. The average Bonchev–Trinajstić information content (AvgIpc) is 2.98. The molecule has 0 saturated carbocycles. The molecular weight excluding hydrogens is 265 g/mol. The van der Waals surface area contributed by atoms with E-state index in [0.717, 1.165) is 16.8 Å². The Bertz CT molecular complexity index is 704. The molecule has 4 heteroatoms. The number of nitrogens with two attached hydrogens (primary N) is 1. The van der Waals surface area contributed by atoms with Crippen LogP contribution in [0.2, 0.25) is 0 Å². The second-order valence-electron chi connectivity index (χ2n) is 4.96. The van der Waals surface area contributed by atoms with Crippen molar-refractivity contribution in [1.29, 1.82) is 0 Å². The van der Waals surface area contributed by atoms with Crippen LogP contribution in [0, 0.1) is 5.82 Å². The molecule has 3 aromatic rings. The van der Waals surface area contributed by atoms with Crippen LogP contribution in [0.1, 0.15) is 22.9 Å². The van der Waals surface area contributed by atoms with Crippen LogP contribution in [-0.4, -0.2) is 9.55 Å². The Kier molecular flexibility index (Phi) is 3.79. The third-order valence-electron chi connectivity index (χ3n) is 3.49. The second-order valence-corrected chi connectivity index (χ2v) is 4.96. The van der Waals surface area contributed by atoms with Crippen molar-refractivity contribution in [2.24, 2.45) is 5.73 Å². The molecule has 0 aliphatic carbocycles. The van der Waals surface area contributed by atoms with Gasteiger partial charge in [-0.2, -0.15) is 0 Å². The van der Waals surface area contributed by atoms with Crippen LogP contribution in [0.4, 0.5) is 4.39 Å². The van der Waals surface area contributed by atoms with Crippen LogP contribution in [0.3, 0.4) is 0 Å². The molecule has 0 amide bonds. The van der Waals surface area contributed by atoms with E-state index in [1.165, 1.54) is 12.1 Å². The van der Waals surface area contributed by atoms with Crippen molar-refractivity contribution in [2.75, 3.05) is 0 Å². The van der Waals surface area contributed by atoms with Crippen LogP contribution in [0.5, 0.6) is 0 Å². The van der Waals surface area contributed by atoms with Crippen molar-refractivity contribution < 1.29 is 4.39 Å². The molecular formula is C17H16FN3. The van der Waals surface area contributed by atoms with Crippen LogP contribution in [0.15, 0.2) is 67.1 Å². The summed E-state index contributed by atoms with van der Waals surface area (Å²) >= 11 is 0. The van der Waals surface area contributed by atoms with Crippen molar-refractivity contribution in [1.82, 2.24) is 9.55 Å². The molecule has 0 saturated heterocycles. The van der Waals surface area contributed by atoms with Crippen LogP contribution >= 0.6 is 0 Å². The monoisotopic (exact) mass is 281 g/mol. The summed E-state index contributed by atoms with van der Waals surface area (Å²) in [6.07, 6.45) is 3.53. The molecule has 1 aromatic heterocycles. The first-order chi connectivity index (χ1) is 10.2. The largest absolute Gasteiger partial charge is 0.328 e. The molecule has 1 heterocycles. The molecule has 1 atom stereocenters. The van der Waals surface area contributed by atoms with Gasteiger partial charge in [-0.1, -0.05) is 42.5 Å². The Balaban J connectivity index is 1.85. The lowest BCUT2D eigenvalue weighted by molar-refractivity contribution is 0.625. The summed E-state index contributed by atoms with van der Waals surface area (Å²) < 4.78 is 14.9. The number of nitrogens with zero attached hydrogens (tertiary/aromatic N) is 2. The van der Waals surface area contributed by atoms with E-state index in [9.17, 15) is 4.39 Å². The predicted octanol–water partition coefficient (Wildman–Crippen LogP) is 3.12. The summed E-state index contributed by atoms with van der Waals surface area (Å²) in [5.74, 6) is -0.231. The van der Waals surface area contributed by atoms with E-state index in [2.05, 4.69) is 4.98 Å². The molecule has 2 aromatic carbocycles. The Morgan fingerprint density at radius 1 is 1.05 bits per heavy atom. The van der Waals surface area contributed by atoms with Gasteiger partial charge < -0.3 is 10.3 Å². The molecule has 0 bridgehead atoms. The molecule has 1 unspecified atom stereocenters. The summed E-state index contributed by atoms with van der Waals surface area (Å²) in [7, 11) is 0. The number of halogens is 1. The zero-order valence-electron chi connectivity index (χ0n) is 11.5. The van der Waals surface area contributed by atoms with Crippen LogP contribution in [-0.2, 0) is 6.54 Å². The molecule has 0 aliphatic heterocycles. The first-order valence-electron chi connectivity index (χ1n) is 6.79. The quantitative estimate of drug-likeness (QED) is 0.798. The van der Waals surface area contributed by atoms with Crippen molar-refractivity contribution >= 4 is 0 Å². The van der Waals surface area contributed by atoms with Crippen molar-refractivity contribution in [3.8, 4) is 0 Å². The highest BCUT2D eigenvalue weighted by Crippen LogP contribution is 2.19. The van der Waals surface area contributed by atoms with Crippen molar-refractivity contribution in [3.05, 3.63) is 89.8 Å². The van der Waals surface area contributed by atoms with E-state index >= 15 is 0 Å². The van der Waals surface area contributed by atoms with E-state index < -0.39 is 0 Å². The maximum Gasteiger partial charge on any atom is 0.123 e. The highest BCUT2D eigenvalue weighted by molar-refractivity contribution is 5.27. The minimum absolute atomic E-state index is 0.228. The molecule has 3 nitrogen and oxygen atoms in total. The Morgan fingerprint density at radius 3 is 2.48 bits per heavy atom. The van der Waals surface area contributed by atoms with Crippen LogP contribution < -0.4 is 5.73 Å². The SMILES string of the molecule is NC(c1ccccc1)c1cncn1Cc1ccc(F)cc1. The summed E-state index contributed by atoms with van der Waals surface area (Å²) in [6.45, 7) is 0.621. The summed E-state index contributed by atoms with van der Waals surface area (Å²) in [5.41, 5.74) is 9.30. The van der Waals surface area contributed by atoms with Gasteiger partial charge in [0.25, 0.3) is 0 Å². The van der Waals surface area contributed by atoms with E-state index in [4.69, 9.17) is 5.73 Å². The lowest BCUT2D eigenvalue weighted by Crippen LogP contribution is -2.16. The molecule has 0 spiro atoms. The van der Waals surface area contributed by atoms with Gasteiger partial charge in [0.1, 0.15) is 5.82 Å². The zero-order valence-corrected chi connectivity index (χ0v) is 11.5. The molecule has 106 valence electrons. The van der Waals surface area contributed by atoms with Crippen LogP contribution in [0.25, 0.3) is 0 Å². The number of hydrogen-bond donors (Lipinski definition) is 1. The fourth-order valence-electron chi connectivity index (χ4n) is 2.34. The minimum atomic E-state index is -0.231. The molecule has 3 rings (SSSR count). The maximum absolute atomic E-state index is 13.0. The van der Waals surface area contributed by atoms with Gasteiger partial charge in [0, 0.05) is 6.54 Å². The normalized spacial score (nSPS) is 12.3. The standard InChI is InChI=1S/C17H16FN3/c18-15-8-6-13(7-9-15)11-21-12-20-10-16(21)17(19)14-4-2-1-3-5-14/h1-10,12,17H,11,19H2. The minimum Gasteiger partial charge on any atom is -0.328 e. The van der Waals surface area contributed by atoms with E-state index in [1.807, 2.05) is 34.9 Å². The van der Waals surface area contributed by atoms with Gasteiger partial charge in [-0.05, 0) is 23.3 Å². The topological polar surface area (TPSA) is 43.8 Å². The third-order valence-corrected chi connectivity index (χ3v) is 3.49. The van der Waals surface area contributed by atoms with Gasteiger partial charge in [0.05, 0.1) is 24.3 Å². The zero-order chi connectivity index (χ0) is 14.7.